The zero-order valence-electron chi connectivity index (χ0n) is 63.2. The molecule has 0 aliphatic carbocycles. The van der Waals surface area contributed by atoms with Crippen LogP contribution in [0.25, 0.3) is 22.2 Å². The molecule has 3 amide bonds. The van der Waals surface area contributed by atoms with Crippen molar-refractivity contribution in [2.45, 2.75) is 77.8 Å². The highest BCUT2D eigenvalue weighted by molar-refractivity contribution is 7.92. The lowest BCUT2D eigenvalue weighted by Crippen LogP contribution is -2.48. The predicted octanol–water partition coefficient (Wildman–Crippen LogP) is 7.01. The van der Waals surface area contributed by atoms with Gasteiger partial charge in [0.25, 0.3) is 21.5 Å². The zero-order valence-corrected chi connectivity index (χ0v) is 64.0. The number of piperazine rings is 1. The Bertz CT molecular complexity index is 4310. The van der Waals surface area contributed by atoms with Crippen LogP contribution in [0.3, 0.4) is 0 Å². The number of ether oxygens (including phenoxy) is 10. The minimum Gasteiger partial charge on any atom is -0.493 e. The Labute approximate surface area is 625 Å². The molecule has 8 rings (SSSR count). The molecule has 31 heteroatoms. The van der Waals surface area contributed by atoms with Gasteiger partial charge in [-0.15, -0.1) is 0 Å². The van der Waals surface area contributed by atoms with Gasteiger partial charge in [0.2, 0.25) is 11.8 Å². The van der Waals surface area contributed by atoms with Crippen LogP contribution in [0.4, 0.5) is 17.2 Å². The third-order valence-electron chi connectivity index (χ3n) is 17.4. The molecule has 0 atom stereocenters. The first-order valence-corrected chi connectivity index (χ1v) is 37.6. The van der Waals surface area contributed by atoms with Crippen molar-refractivity contribution in [1.29, 1.82) is 5.41 Å². The lowest BCUT2D eigenvalue weighted by Gasteiger charge is -2.35. The fourth-order valence-corrected chi connectivity index (χ4v) is 12.9. The highest BCUT2D eigenvalue weighted by Crippen LogP contribution is 2.39. The Morgan fingerprint density at radius 1 is 0.673 bits per heavy atom. The topological polar surface area (TPSA) is 344 Å². The number of imidazole rings is 1. The number of aryl methyl sites for hydroxylation is 4. The monoisotopic (exact) mass is 1500 g/mol. The van der Waals surface area contributed by atoms with Crippen molar-refractivity contribution in [3.05, 3.63) is 134 Å². The van der Waals surface area contributed by atoms with Gasteiger partial charge in [-0.1, -0.05) is 6.92 Å². The molecule has 0 bridgehead atoms. The largest absolute Gasteiger partial charge is 0.493 e. The van der Waals surface area contributed by atoms with Crippen LogP contribution >= 0.6 is 0 Å². The number of nitrogens with zero attached hydrogens (tertiary/aromatic N) is 6. The molecule has 3 aromatic heterocycles. The number of benzene rings is 4. The number of pyridine rings is 2. The number of anilines is 3. The molecular formula is C76H105N13O17S. The summed E-state index contributed by atoms with van der Waals surface area (Å²) in [6.45, 7) is 19.8. The third kappa shape index (κ3) is 25.3. The summed E-state index contributed by atoms with van der Waals surface area (Å²) in [5, 5.41) is 20.4. The highest BCUT2D eigenvalue weighted by atomic mass is 32.2. The van der Waals surface area contributed by atoms with Crippen molar-refractivity contribution < 1.29 is 70.2 Å². The van der Waals surface area contributed by atoms with E-state index in [4.69, 9.17) is 57.8 Å². The van der Waals surface area contributed by atoms with Gasteiger partial charge in [-0.2, -0.15) is 0 Å². The summed E-state index contributed by atoms with van der Waals surface area (Å²) < 4.78 is 90.6. The highest BCUT2D eigenvalue weighted by Gasteiger charge is 2.25. The molecule has 0 radical (unpaired) electrons. The van der Waals surface area contributed by atoms with E-state index in [-0.39, 0.29) is 77.3 Å². The van der Waals surface area contributed by atoms with Crippen LogP contribution in [-0.4, -0.2) is 227 Å². The van der Waals surface area contributed by atoms with E-state index < -0.39 is 15.9 Å². The van der Waals surface area contributed by atoms with Gasteiger partial charge in [-0.05, 0) is 120 Å². The number of nitrogens with one attached hydrogen (secondary N) is 7. The summed E-state index contributed by atoms with van der Waals surface area (Å²) in [5.41, 5.74) is 5.50. The standard InChI is InChI=1S/C76H105N13O17S/c1-11-27-104-57-42-58(44-59(43-57)106-69-47-67-66(86(7)76(94)87(67)8)46-65(69)84-107(95,96)60-15-16-68(97-9)70(45-60)98-10)105-28-13-12-21-85(6)51-73(91)79-20-30-100-32-34-102-36-38-103-37-35-101-33-31-99-29-18-72(90)78-19-22-88-23-25-89(26-24-88)71-17-14-55(49-80-71)56-40-61(62(48-77)64(41-56)82-52(2)3)74(92)81-50-63-53(4)39-54(5)83-75(63)93/h14-17,39-49,52,77,82,84H,11-13,18-38,50-51H2,1-10H3,(H,78,90)(H,79,91)(H,81,92)(H,83,93). The molecule has 30 nitrogen and oxygen atoms in total. The van der Waals surface area contributed by atoms with Crippen LogP contribution < -0.4 is 65.8 Å². The number of unbranched alkanes of at least 4 members (excludes halogenated alkanes) is 1. The number of fused-ring (bicyclic) bond motifs is 1. The number of amides is 3. The van der Waals surface area contributed by atoms with Crippen LogP contribution in [0.2, 0.25) is 0 Å². The normalized spacial score (nSPS) is 12.5. The van der Waals surface area contributed by atoms with E-state index in [9.17, 15) is 32.4 Å². The van der Waals surface area contributed by atoms with Gasteiger partial charge in [-0.25, -0.2) is 18.2 Å². The van der Waals surface area contributed by atoms with E-state index >= 15 is 0 Å². The van der Waals surface area contributed by atoms with Crippen molar-refractivity contribution in [2.75, 3.05) is 174 Å². The first-order valence-electron chi connectivity index (χ1n) is 36.1. The molecule has 4 aromatic carbocycles. The van der Waals surface area contributed by atoms with E-state index in [2.05, 4.69) is 40.8 Å². The van der Waals surface area contributed by atoms with Gasteiger partial charge >= 0.3 is 5.69 Å². The Kier molecular flexibility index (Phi) is 32.7. The Hall–Kier alpha value is -9.60. The van der Waals surface area contributed by atoms with Crippen LogP contribution in [0, 0.1) is 19.3 Å². The van der Waals surface area contributed by atoms with E-state index in [1.165, 1.54) is 47.8 Å². The average molecular weight is 1500 g/mol. The Morgan fingerprint density at radius 3 is 1.93 bits per heavy atom. The molecule has 7 aromatic rings. The fraction of sp³-hybridized carbons (Fsp3) is 0.487. The fourth-order valence-electron chi connectivity index (χ4n) is 11.8. The number of hydrogen-bond acceptors (Lipinski definition) is 23. The number of rotatable bonds is 47. The number of hydrogen-bond donors (Lipinski definition) is 7. The van der Waals surface area contributed by atoms with Crippen LogP contribution in [0.5, 0.6) is 34.5 Å². The summed E-state index contributed by atoms with van der Waals surface area (Å²) in [6, 6.07) is 22.1. The molecule has 1 aliphatic heterocycles. The quantitative estimate of drug-likeness (QED) is 0.0149. The number of sulfonamides is 1. The minimum absolute atomic E-state index is 0.0376. The molecule has 4 heterocycles. The lowest BCUT2D eigenvalue weighted by molar-refractivity contribution is -0.123. The van der Waals surface area contributed by atoms with Gasteiger partial charge < -0.3 is 83.9 Å². The molecule has 1 fully saturated rings. The molecular weight excluding hydrogens is 1400 g/mol. The lowest BCUT2D eigenvalue weighted by atomic mass is 9.97. The number of carbonyl (C=O) groups excluding carboxylic acids is 3. The molecule has 0 spiro atoms. The van der Waals surface area contributed by atoms with Gasteiger partial charge in [-0.3, -0.25) is 42.8 Å². The average Bonchev–Trinajstić information content (AvgIpc) is 1.79. The summed E-state index contributed by atoms with van der Waals surface area (Å²) in [6.07, 6.45) is 5.40. The van der Waals surface area contributed by atoms with Crippen molar-refractivity contribution in [3.63, 3.8) is 0 Å². The maximum atomic E-state index is 13.9. The van der Waals surface area contributed by atoms with Gasteiger partial charge in [0.1, 0.15) is 23.1 Å². The number of likely N-dealkylation sites (N-methyl/N-ethyl adjacent to an activating group) is 1. The number of H-pyrrole nitrogens is 1. The second-order valence-corrected chi connectivity index (χ2v) is 27.7. The number of aromatic nitrogens is 4. The van der Waals surface area contributed by atoms with Crippen molar-refractivity contribution in [2.24, 2.45) is 14.1 Å². The Morgan fingerprint density at radius 2 is 1.31 bits per heavy atom. The van der Waals surface area contributed by atoms with Crippen LogP contribution in [0.15, 0.2) is 99.5 Å². The number of methoxy groups -OCH3 is 2. The van der Waals surface area contributed by atoms with Crippen LogP contribution in [-0.2, 0) is 63.9 Å². The van der Waals surface area contributed by atoms with E-state index in [0.29, 0.717) is 155 Å². The second-order valence-electron chi connectivity index (χ2n) is 26.0. The van der Waals surface area contributed by atoms with Gasteiger partial charge in [0, 0.05) is 150 Å². The molecule has 0 saturated carbocycles. The third-order valence-corrected chi connectivity index (χ3v) is 18.8. The van der Waals surface area contributed by atoms with E-state index in [1.54, 1.807) is 56.7 Å². The first-order chi connectivity index (χ1) is 51.6. The van der Waals surface area contributed by atoms with Crippen LogP contribution in [0.1, 0.15) is 79.2 Å². The maximum Gasteiger partial charge on any atom is 0.328 e. The molecule has 1 aliphatic rings. The zero-order chi connectivity index (χ0) is 76.8. The van der Waals surface area contributed by atoms with E-state index in [0.717, 1.165) is 73.8 Å². The van der Waals surface area contributed by atoms with Gasteiger partial charge in [0.15, 0.2) is 17.2 Å². The summed E-state index contributed by atoms with van der Waals surface area (Å²) >= 11 is 0. The summed E-state index contributed by atoms with van der Waals surface area (Å²) in [4.78, 5) is 78.6. The van der Waals surface area contributed by atoms with E-state index in [1.807, 2.05) is 70.8 Å². The van der Waals surface area contributed by atoms with Crippen molar-refractivity contribution in [1.82, 2.24) is 44.9 Å². The SMILES string of the molecule is CCCOc1cc(OCCCCN(C)CC(=O)NCCOCCOCCOCCOCCOCCC(=O)NCCN2CCN(c3ccc(-c4cc(NC(C)C)c(C=N)c(C(=O)NCc5c(C)cc(C)[nH]c5=O)c4)cn3)CC2)cc(Oc2cc3c(cc2NS(=O)(=O)c2ccc(OC)c(OC)c2)n(C)c(=O)n3C)c1. The molecule has 1 saturated heterocycles. The second kappa shape index (κ2) is 42.1. The first kappa shape index (κ1) is 83.0. The molecule has 7 N–H and O–H groups in total. The Balaban J connectivity index is 0.612. The number of carbonyl (C=O) groups is 3. The smallest absolute Gasteiger partial charge is 0.328 e. The molecule has 107 heavy (non-hydrogen) atoms. The minimum atomic E-state index is -4.22. The number of aromatic amines is 1. The summed E-state index contributed by atoms with van der Waals surface area (Å²) in [7, 11) is 3.74. The van der Waals surface area contributed by atoms with Crippen molar-refractivity contribution >= 4 is 62.2 Å². The van der Waals surface area contributed by atoms with Gasteiger partial charge in [0.05, 0.1) is 127 Å². The maximum absolute atomic E-state index is 13.9. The molecule has 582 valence electrons. The summed E-state index contributed by atoms with van der Waals surface area (Å²) in [5.74, 6) is 2.21. The predicted molar refractivity (Wildman–Crippen MR) is 410 cm³/mol. The van der Waals surface area contributed by atoms with Crippen molar-refractivity contribution in [3.8, 4) is 45.6 Å². The molecule has 0 unspecified atom stereocenters.